The molecule has 98 valence electrons. The molecule has 0 amide bonds. The molecule has 1 aromatic carbocycles. The van der Waals surface area contributed by atoms with Crippen LogP contribution < -0.4 is 0 Å². The van der Waals surface area contributed by atoms with Gasteiger partial charge in [0.05, 0.1) is 0 Å². The maximum atomic E-state index is 11.1. The Morgan fingerprint density at radius 3 is 2.61 bits per heavy atom. The number of rotatable bonds is 4. The topological polar surface area (TPSA) is 40.5 Å². The molecular formula is C15H21NO2. The lowest BCUT2D eigenvalue weighted by Crippen LogP contribution is -2.35. The third kappa shape index (κ3) is 2.91. The fourth-order valence-corrected chi connectivity index (χ4v) is 2.54. The van der Waals surface area contributed by atoms with Crippen LogP contribution in [0.1, 0.15) is 43.7 Å². The molecule has 1 fully saturated rings. The Hall–Kier alpha value is -1.35. The van der Waals surface area contributed by atoms with Gasteiger partial charge in [0.1, 0.15) is 6.04 Å². The molecule has 0 bridgehead atoms. The summed E-state index contributed by atoms with van der Waals surface area (Å²) in [5.74, 6) is -0.149. The quantitative estimate of drug-likeness (QED) is 0.889. The average Bonchev–Trinajstić information content (AvgIpc) is 2.78. The minimum absolute atomic E-state index is 0.297. The lowest BCUT2D eigenvalue weighted by atomic mass is 10.0. The lowest BCUT2D eigenvalue weighted by molar-refractivity contribution is -0.142. The predicted octanol–water partition coefficient (Wildman–Crippen LogP) is 2.86. The average molecular weight is 247 g/mol. The van der Waals surface area contributed by atoms with Gasteiger partial charge < -0.3 is 5.11 Å². The second-order valence-electron chi connectivity index (χ2n) is 5.36. The van der Waals surface area contributed by atoms with Crippen molar-refractivity contribution in [1.29, 1.82) is 0 Å². The van der Waals surface area contributed by atoms with Crippen molar-refractivity contribution in [3.8, 4) is 0 Å². The smallest absolute Gasteiger partial charge is 0.320 e. The first kappa shape index (κ1) is 13.1. The van der Waals surface area contributed by atoms with Gasteiger partial charge in [-0.15, -0.1) is 0 Å². The van der Waals surface area contributed by atoms with Crippen LogP contribution >= 0.6 is 0 Å². The van der Waals surface area contributed by atoms with Crippen molar-refractivity contribution in [3.63, 3.8) is 0 Å². The van der Waals surface area contributed by atoms with Crippen molar-refractivity contribution in [2.75, 3.05) is 6.54 Å². The van der Waals surface area contributed by atoms with Gasteiger partial charge in [0.25, 0.3) is 0 Å². The van der Waals surface area contributed by atoms with Crippen LogP contribution in [0.4, 0.5) is 0 Å². The number of hydrogen-bond donors (Lipinski definition) is 1. The first-order valence-electron chi connectivity index (χ1n) is 6.63. The largest absolute Gasteiger partial charge is 0.480 e. The lowest BCUT2D eigenvalue weighted by Gasteiger charge is -2.21. The van der Waals surface area contributed by atoms with Crippen LogP contribution in [0.3, 0.4) is 0 Å². The van der Waals surface area contributed by atoms with E-state index in [1.165, 1.54) is 11.1 Å². The highest BCUT2D eigenvalue weighted by Gasteiger charge is 2.30. The van der Waals surface area contributed by atoms with Crippen molar-refractivity contribution in [1.82, 2.24) is 4.90 Å². The SMILES string of the molecule is CC(C)c1ccc(CN2CCC[C@H]2C(=O)O)cc1. The van der Waals surface area contributed by atoms with Gasteiger partial charge in [0, 0.05) is 6.54 Å². The van der Waals surface area contributed by atoms with E-state index in [4.69, 9.17) is 5.11 Å². The molecule has 0 aromatic heterocycles. The molecule has 0 saturated carbocycles. The Morgan fingerprint density at radius 1 is 1.39 bits per heavy atom. The molecule has 2 rings (SSSR count). The summed E-state index contributed by atoms with van der Waals surface area (Å²) >= 11 is 0. The fraction of sp³-hybridized carbons (Fsp3) is 0.533. The van der Waals surface area contributed by atoms with Crippen molar-refractivity contribution >= 4 is 5.97 Å². The van der Waals surface area contributed by atoms with E-state index >= 15 is 0 Å². The molecule has 0 radical (unpaired) electrons. The minimum atomic E-state index is -0.689. The van der Waals surface area contributed by atoms with Gasteiger partial charge in [-0.3, -0.25) is 9.69 Å². The Bertz CT molecular complexity index is 411. The molecule has 3 nitrogen and oxygen atoms in total. The maximum absolute atomic E-state index is 11.1. The van der Waals surface area contributed by atoms with Gasteiger partial charge in [-0.25, -0.2) is 0 Å². The molecular weight excluding hydrogens is 226 g/mol. The molecule has 1 atom stereocenters. The van der Waals surface area contributed by atoms with E-state index in [0.29, 0.717) is 5.92 Å². The van der Waals surface area contributed by atoms with Gasteiger partial charge in [0.2, 0.25) is 0 Å². The van der Waals surface area contributed by atoms with Crippen LogP contribution in [0.5, 0.6) is 0 Å². The Balaban J connectivity index is 2.03. The van der Waals surface area contributed by atoms with Crippen molar-refractivity contribution in [2.45, 2.75) is 45.2 Å². The zero-order valence-electron chi connectivity index (χ0n) is 11.1. The van der Waals surface area contributed by atoms with E-state index < -0.39 is 5.97 Å². The summed E-state index contributed by atoms with van der Waals surface area (Å²) in [5, 5.41) is 9.14. The summed E-state index contributed by atoms with van der Waals surface area (Å²) in [6, 6.07) is 8.23. The third-order valence-electron chi connectivity index (χ3n) is 3.68. The van der Waals surface area contributed by atoms with E-state index in [2.05, 4.69) is 43.0 Å². The summed E-state index contributed by atoms with van der Waals surface area (Å²) < 4.78 is 0. The molecule has 18 heavy (non-hydrogen) atoms. The molecule has 0 aliphatic carbocycles. The highest BCUT2D eigenvalue weighted by Crippen LogP contribution is 2.21. The third-order valence-corrected chi connectivity index (χ3v) is 3.68. The summed E-state index contributed by atoms with van der Waals surface area (Å²) in [6.45, 7) is 5.99. The van der Waals surface area contributed by atoms with Crippen LogP contribution in [0.2, 0.25) is 0 Å². The number of benzene rings is 1. The van der Waals surface area contributed by atoms with Crippen LogP contribution in [0, 0.1) is 0 Å². The van der Waals surface area contributed by atoms with E-state index in [1.807, 2.05) is 0 Å². The second-order valence-corrected chi connectivity index (χ2v) is 5.36. The van der Waals surface area contributed by atoms with Gasteiger partial charge in [-0.2, -0.15) is 0 Å². The molecule has 1 saturated heterocycles. The molecule has 1 heterocycles. The number of carboxylic acid groups (broad SMARTS) is 1. The van der Waals surface area contributed by atoms with E-state index in [0.717, 1.165) is 25.9 Å². The van der Waals surface area contributed by atoms with E-state index in [-0.39, 0.29) is 6.04 Å². The summed E-state index contributed by atoms with van der Waals surface area (Å²) in [7, 11) is 0. The molecule has 1 aliphatic rings. The highest BCUT2D eigenvalue weighted by atomic mass is 16.4. The monoisotopic (exact) mass is 247 g/mol. The van der Waals surface area contributed by atoms with Crippen molar-refractivity contribution < 1.29 is 9.90 Å². The molecule has 1 aromatic rings. The van der Waals surface area contributed by atoms with Gasteiger partial charge in [0.15, 0.2) is 0 Å². The zero-order chi connectivity index (χ0) is 13.1. The normalized spacial score (nSPS) is 20.5. The summed E-state index contributed by atoms with van der Waals surface area (Å²) in [4.78, 5) is 13.2. The Labute approximate surface area is 108 Å². The van der Waals surface area contributed by atoms with E-state index in [1.54, 1.807) is 0 Å². The van der Waals surface area contributed by atoms with E-state index in [9.17, 15) is 4.79 Å². The second kappa shape index (κ2) is 5.53. The van der Waals surface area contributed by atoms with Gasteiger partial charge >= 0.3 is 5.97 Å². The van der Waals surface area contributed by atoms with Crippen LogP contribution in [0.25, 0.3) is 0 Å². The molecule has 0 unspecified atom stereocenters. The van der Waals surface area contributed by atoms with Crippen LogP contribution in [-0.4, -0.2) is 28.6 Å². The first-order valence-corrected chi connectivity index (χ1v) is 6.63. The highest BCUT2D eigenvalue weighted by molar-refractivity contribution is 5.73. The minimum Gasteiger partial charge on any atom is -0.480 e. The number of aliphatic carboxylic acids is 1. The number of likely N-dealkylation sites (tertiary alicyclic amines) is 1. The first-order chi connectivity index (χ1) is 8.58. The summed E-state index contributed by atoms with van der Waals surface area (Å²) in [6.07, 6.45) is 1.76. The fourth-order valence-electron chi connectivity index (χ4n) is 2.54. The predicted molar refractivity (Wildman–Crippen MR) is 71.6 cm³/mol. The molecule has 3 heteroatoms. The molecule has 1 aliphatic heterocycles. The molecule has 0 spiro atoms. The van der Waals surface area contributed by atoms with Crippen molar-refractivity contribution in [2.24, 2.45) is 0 Å². The van der Waals surface area contributed by atoms with Crippen LogP contribution in [-0.2, 0) is 11.3 Å². The van der Waals surface area contributed by atoms with Crippen molar-refractivity contribution in [3.05, 3.63) is 35.4 Å². The Morgan fingerprint density at radius 2 is 2.06 bits per heavy atom. The number of hydrogen-bond acceptors (Lipinski definition) is 2. The standard InChI is InChI=1S/C15H21NO2/c1-11(2)13-7-5-12(6-8-13)10-16-9-3-4-14(16)15(17)18/h5-8,11,14H,3-4,9-10H2,1-2H3,(H,17,18)/t14-/m0/s1. The summed E-state index contributed by atoms with van der Waals surface area (Å²) in [5.41, 5.74) is 2.53. The maximum Gasteiger partial charge on any atom is 0.320 e. The van der Waals surface area contributed by atoms with Gasteiger partial charge in [-0.05, 0) is 36.4 Å². The van der Waals surface area contributed by atoms with Crippen LogP contribution in [0.15, 0.2) is 24.3 Å². The number of carboxylic acids is 1. The Kier molecular flexibility index (Phi) is 4.02. The molecule has 1 N–H and O–H groups in total. The number of carbonyl (C=O) groups is 1. The zero-order valence-corrected chi connectivity index (χ0v) is 11.1. The van der Waals surface area contributed by atoms with Gasteiger partial charge in [-0.1, -0.05) is 38.1 Å². The number of nitrogens with zero attached hydrogens (tertiary/aromatic N) is 1.